The molecule has 0 aliphatic rings. The van der Waals surface area contributed by atoms with Gasteiger partial charge in [-0.3, -0.25) is 13.9 Å². The van der Waals surface area contributed by atoms with Crippen molar-refractivity contribution in [1.82, 2.24) is 10.2 Å². The van der Waals surface area contributed by atoms with Crippen LogP contribution in [0.25, 0.3) is 0 Å². The van der Waals surface area contributed by atoms with Gasteiger partial charge in [-0.25, -0.2) is 8.42 Å². The van der Waals surface area contributed by atoms with Gasteiger partial charge in [-0.1, -0.05) is 46.9 Å². The van der Waals surface area contributed by atoms with Crippen molar-refractivity contribution in [2.24, 2.45) is 0 Å². The van der Waals surface area contributed by atoms with Gasteiger partial charge < -0.3 is 10.2 Å². The fraction of sp³-hybridized carbons (Fsp3) is 0.300. The third kappa shape index (κ3) is 6.49. The van der Waals surface area contributed by atoms with Crippen LogP contribution in [-0.4, -0.2) is 51.0 Å². The molecule has 1 N–H and O–H groups in total. The standard InChI is InChI=1S/C20H22Cl3N3O4S/c1-13(20(28)24-2)25(11-16-17(22)8-5-9-18(16)23)19(27)12-26(31(3,29)30)15-7-4-6-14(21)10-15/h4-10,13H,11-12H2,1-3H3,(H,24,28)/t13-/m0/s1. The predicted octanol–water partition coefficient (Wildman–Crippen LogP) is 3.58. The van der Waals surface area contributed by atoms with Gasteiger partial charge in [0.2, 0.25) is 21.8 Å². The van der Waals surface area contributed by atoms with Gasteiger partial charge >= 0.3 is 0 Å². The number of hydrogen-bond acceptors (Lipinski definition) is 4. The molecule has 0 aliphatic heterocycles. The molecule has 0 heterocycles. The lowest BCUT2D eigenvalue weighted by Gasteiger charge is -2.31. The summed E-state index contributed by atoms with van der Waals surface area (Å²) >= 11 is 18.5. The number of carbonyl (C=O) groups excluding carboxylic acids is 2. The Balaban J connectivity index is 2.44. The van der Waals surface area contributed by atoms with E-state index in [4.69, 9.17) is 34.8 Å². The molecule has 2 aromatic rings. The van der Waals surface area contributed by atoms with Crippen LogP contribution in [0.3, 0.4) is 0 Å². The summed E-state index contributed by atoms with van der Waals surface area (Å²) in [5, 5.41) is 3.45. The van der Waals surface area contributed by atoms with Crippen LogP contribution in [0.15, 0.2) is 42.5 Å². The van der Waals surface area contributed by atoms with Gasteiger partial charge in [-0.05, 0) is 37.3 Å². The molecule has 0 spiro atoms. The third-order valence-electron chi connectivity index (χ3n) is 4.58. The molecule has 0 fully saturated rings. The van der Waals surface area contributed by atoms with E-state index in [0.717, 1.165) is 10.6 Å². The minimum Gasteiger partial charge on any atom is -0.357 e. The fourth-order valence-corrected chi connectivity index (χ4v) is 4.43. The Bertz CT molecular complexity index is 1060. The number of benzene rings is 2. The maximum absolute atomic E-state index is 13.3. The molecule has 11 heteroatoms. The highest BCUT2D eigenvalue weighted by Crippen LogP contribution is 2.27. The average molecular weight is 507 g/mol. The van der Waals surface area contributed by atoms with E-state index in [9.17, 15) is 18.0 Å². The number of hydrogen-bond donors (Lipinski definition) is 1. The summed E-state index contributed by atoms with van der Waals surface area (Å²) < 4.78 is 25.8. The summed E-state index contributed by atoms with van der Waals surface area (Å²) in [5.74, 6) is -1.04. The fourth-order valence-electron chi connectivity index (χ4n) is 2.89. The Labute approximate surface area is 196 Å². The normalized spacial score (nSPS) is 12.2. The smallest absolute Gasteiger partial charge is 0.244 e. The van der Waals surface area contributed by atoms with E-state index in [0.29, 0.717) is 20.6 Å². The summed E-state index contributed by atoms with van der Waals surface area (Å²) in [6.45, 7) is 0.910. The molecule has 31 heavy (non-hydrogen) atoms. The number of halogens is 3. The number of nitrogens with one attached hydrogen (secondary N) is 1. The highest BCUT2D eigenvalue weighted by atomic mass is 35.5. The summed E-state index contributed by atoms with van der Waals surface area (Å²) in [5.41, 5.74) is 0.676. The maximum Gasteiger partial charge on any atom is 0.244 e. The van der Waals surface area contributed by atoms with E-state index in [1.54, 1.807) is 30.3 Å². The predicted molar refractivity (Wildman–Crippen MR) is 124 cm³/mol. The van der Waals surface area contributed by atoms with Crippen LogP contribution in [0.5, 0.6) is 0 Å². The third-order valence-corrected chi connectivity index (χ3v) is 6.66. The van der Waals surface area contributed by atoms with Crippen molar-refractivity contribution in [3.63, 3.8) is 0 Å². The lowest BCUT2D eigenvalue weighted by Crippen LogP contribution is -2.50. The first kappa shape index (κ1) is 25.3. The molecule has 0 aromatic heterocycles. The van der Waals surface area contributed by atoms with Crippen molar-refractivity contribution in [2.45, 2.75) is 19.5 Å². The van der Waals surface area contributed by atoms with Crippen LogP contribution in [-0.2, 0) is 26.2 Å². The number of carbonyl (C=O) groups is 2. The minimum absolute atomic E-state index is 0.0843. The molecular formula is C20H22Cl3N3O4S. The van der Waals surface area contributed by atoms with Crippen LogP contribution in [0.4, 0.5) is 5.69 Å². The SMILES string of the molecule is CNC(=O)[C@H](C)N(Cc1c(Cl)cccc1Cl)C(=O)CN(c1cccc(Cl)c1)S(C)(=O)=O. The van der Waals surface area contributed by atoms with Gasteiger partial charge in [0.05, 0.1) is 11.9 Å². The highest BCUT2D eigenvalue weighted by molar-refractivity contribution is 7.92. The van der Waals surface area contributed by atoms with Gasteiger partial charge in [-0.2, -0.15) is 0 Å². The van der Waals surface area contributed by atoms with Gasteiger partial charge in [0.25, 0.3) is 0 Å². The molecule has 7 nitrogen and oxygen atoms in total. The van der Waals surface area contributed by atoms with Crippen LogP contribution in [0.2, 0.25) is 15.1 Å². The minimum atomic E-state index is -3.83. The van der Waals surface area contributed by atoms with Crippen LogP contribution >= 0.6 is 34.8 Å². The number of nitrogens with zero attached hydrogens (tertiary/aromatic N) is 2. The second-order valence-electron chi connectivity index (χ2n) is 6.76. The molecule has 0 saturated heterocycles. The van der Waals surface area contributed by atoms with Crippen molar-refractivity contribution >= 4 is 62.3 Å². The van der Waals surface area contributed by atoms with Crippen LogP contribution < -0.4 is 9.62 Å². The Hall–Kier alpha value is -2.00. The van der Waals surface area contributed by atoms with Crippen LogP contribution in [0.1, 0.15) is 12.5 Å². The van der Waals surface area contributed by atoms with Crippen molar-refractivity contribution in [3.8, 4) is 0 Å². The van der Waals surface area contributed by atoms with Gasteiger partial charge in [0.1, 0.15) is 12.6 Å². The number of likely N-dealkylation sites (N-methyl/N-ethyl adjacent to an activating group) is 1. The van der Waals surface area contributed by atoms with E-state index >= 15 is 0 Å². The zero-order valence-electron chi connectivity index (χ0n) is 17.1. The van der Waals surface area contributed by atoms with Gasteiger partial charge in [0.15, 0.2) is 0 Å². The van der Waals surface area contributed by atoms with Crippen LogP contribution in [0, 0.1) is 0 Å². The molecule has 0 bridgehead atoms. The van der Waals surface area contributed by atoms with Crippen molar-refractivity contribution < 1.29 is 18.0 Å². The quantitative estimate of drug-likeness (QED) is 0.593. The van der Waals surface area contributed by atoms with Crippen molar-refractivity contribution in [2.75, 3.05) is 24.2 Å². The lowest BCUT2D eigenvalue weighted by molar-refractivity contribution is -0.139. The Morgan fingerprint density at radius 3 is 2.16 bits per heavy atom. The Morgan fingerprint density at radius 1 is 1.06 bits per heavy atom. The second-order valence-corrected chi connectivity index (χ2v) is 9.92. The van der Waals surface area contributed by atoms with E-state index < -0.39 is 34.4 Å². The molecule has 0 radical (unpaired) electrons. The lowest BCUT2D eigenvalue weighted by atomic mass is 10.1. The highest BCUT2D eigenvalue weighted by Gasteiger charge is 2.30. The first-order valence-electron chi connectivity index (χ1n) is 9.13. The number of rotatable bonds is 8. The molecule has 168 valence electrons. The topological polar surface area (TPSA) is 86.8 Å². The molecule has 0 aliphatic carbocycles. The average Bonchev–Trinajstić information content (AvgIpc) is 2.69. The van der Waals surface area contributed by atoms with E-state index in [2.05, 4.69) is 5.32 Å². The largest absolute Gasteiger partial charge is 0.357 e. The van der Waals surface area contributed by atoms with E-state index in [1.807, 2.05) is 0 Å². The summed E-state index contributed by atoms with van der Waals surface area (Å²) in [7, 11) is -2.39. The van der Waals surface area contributed by atoms with Gasteiger partial charge in [-0.15, -0.1) is 0 Å². The van der Waals surface area contributed by atoms with Crippen molar-refractivity contribution in [3.05, 3.63) is 63.1 Å². The molecule has 0 unspecified atom stereocenters. The molecule has 2 aromatic carbocycles. The van der Waals surface area contributed by atoms with E-state index in [1.165, 1.54) is 31.0 Å². The van der Waals surface area contributed by atoms with Crippen molar-refractivity contribution in [1.29, 1.82) is 0 Å². The first-order valence-corrected chi connectivity index (χ1v) is 12.1. The zero-order chi connectivity index (χ0) is 23.3. The zero-order valence-corrected chi connectivity index (χ0v) is 20.2. The number of anilines is 1. The maximum atomic E-state index is 13.3. The molecule has 1 atom stereocenters. The summed E-state index contributed by atoms with van der Waals surface area (Å²) in [4.78, 5) is 26.8. The monoisotopic (exact) mass is 505 g/mol. The Kier molecular flexibility index (Phi) is 8.59. The summed E-state index contributed by atoms with van der Waals surface area (Å²) in [6.07, 6.45) is 0.985. The Morgan fingerprint density at radius 2 is 1.65 bits per heavy atom. The summed E-state index contributed by atoms with van der Waals surface area (Å²) in [6, 6.07) is 10.1. The van der Waals surface area contributed by atoms with E-state index in [-0.39, 0.29) is 12.2 Å². The molecule has 2 amide bonds. The number of sulfonamides is 1. The van der Waals surface area contributed by atoms with Gasteiger partial charge in [0, 0.05) is 34.2 Å². The molecule has 0 saturated carbocycles. The molecule has 2 rings (SSSR count). The molecular weight excluding hydrogens is 485 g/mol. The second kappa shape index (κ2) is 10.5. The first-order chi connectivity index (χ1) is 14.5. The number of amides is 2.